The first-order valence-electron chi connectivity index (χ1n) is 7.08. The van der Waals surface area contributed by atoms with Crippen LogP contribution in [0.3, 0.4) is 0 Å². The SMILES string of the molecule is S=C(NCCc1ccccc1)N[C@H]1C[C@H]2C=C[C@@H]1C2. The van der Waals surface area contributed by atoms with E-state index in [1.807, 2.05) is 6.07 Å². The molecule has 0 amide bonds. The van der Waals surface area contributed by atoms with Gasteiger partial charge in [0.05, 0.1) is 0 Å². The molecule has 1 aromatic carbocycles. The molecule has 0 aromatic heterocycles. The number of allylic oxidation sites excluding steroid dienone is 1. The Labute approximate surface area is 120 Å². The third-order valence-corrected chi connectivity index (χ3v) is 4.40. The molecule has 2 nitrogen and oxygen atoms in total. The lowest BCUT2D eigenvalue weighted by Crippen LogP contribution is -2.44. The zero-order valence-electron chi connectivity index (χ0n) is 11.0. The van der Waals surface area contributed by atoms with Crippen molar-refractivity contribution in [2.75, 3.05) is 6.54 Å². The van der Waals surface area contributed by atoms with Gasteiger partial charge >= 0.3 is 0 Å². The zero-order valence-corrected chi connectivity index (χ0v) is 11.8. The Bertz CT molecular complexity index is 469. The van der Waals surface area contributed by atoms with Gasteiger partial charge in [-0.1, -0.05) is 42.5 Å². The van der Waals surface area contributed by atoms with Gasteiger partial charge in [0, 0.05) is 12.6 Å². The first-order chi connectivity index (χ1) is 9.31. The Morgan fingerprint density at radius 1 is 1.16 bits per heavy atom. The fourth-order valence-electron chi connectivity index (χ4n) is 3.13. The summed E-state index contributed by atoms with van der Waals surface area (Å²) < 4.78 is 0. The summed E-state index contributed by atoms with van der Waals surface area (Å²) in [6, 6.07) is 11.1. The average Bonchev–Trinajstić information content (AvgIpc) is 3.02. The Kier molecular flexibility index (Phi) is 3.83. The summed E-state index contributed by atoms with van der Waals surface area (Å²) in [5.41, 5.74) is 1.35. The summed E-state index contributed by atoms with van der Waals surface area (Å²) in [5, 5.41) is 7.59. The van der Waals surface area contributed by atoms with Crippen LogP contribution >= 0.6 is 12.2 Å². The molecular formula is C16H20N2S. The molecule has 2 aliphatic carbocycles. The van der Waals surface area contributed by atoms with E-state index in [1.54, 1.807) is 0 Å². The van der Waals surface area contributed by atoms with E-state index in [1.165, 1.54) is 18.4 Å². The fourth-order valence-corrected chi connectivity index (χ4v) is 3.38. The predicted octanol–water partition coefficient (Wildman–Crippen LogP) is 2.66. The van der Waals surface area contributed by atoms with Gasteiger partial charge in [0.15, 0.2) is 5.11 Å². The van der Waals surface area contributed by atoms with Gasteiger partial charge in [-0.25, -0.2) is 0 Å². The minimum Gasteiger partial charge on any atom is -0.362 e. The van der Waals surface area contributed by atoms with Gasteiger partial charge < -0.3 is 10.6 Å². The lowest BCUT2D eigenvalue weighted by molar-refractivity contribution is 0.520. The topological polar surface area (TPSA) is 24.1 Å². The summed E-state index contributed by atoms with van der Waals surface area (Å²) in [7, 11) is 0. The van der Waals surface area contributed by atoms with Crippen LogP contribution in [0.5, 0.6) is 0 Å². The fraction of sp³-hybridized carbons (Fsp3) is 0.438. The number of benzene rings is 1. The second-order valence-electron chi connectivity index (χ2n) is 5.52. The van der Waals surface area contributed by atoms with Crippen LogP contribution in [0, 0.1) is 11.8 Å². The highest BCUT2D eigenvalue weighted by atomic mass is 32.1. The Balaban J connectivity index is 1.39. The first-order valence-corrected chi connectivity index (χ1v) is 7.49. The quantitative estimate of drug-likeness (QED) is 0.651. The van der Waals surface area contributed by atoms with Crippen molar-refractivity contribution in [1.82, 2.24) is 10.6 Å². The van der Waals surface area contributed by atoms with E-state index in [4.69, 9.17) is 12.2 Å². The van der Waals surface area contributed by atoms with Crippen LogP contribution in [0.25, 0.3) is 0 Å². The highest BCUT2D eigenvalue weighted by molar-refractivity contribution is 7.80. The summed E-state index contributed by atoms with van der Waals surface area (Å²) in [5.74, 6) is 1.48. The second-order valence-corrected chi connectivity index (χ2v) is 5.93. The molecule has 1 aromatic rings. The van der Waals surface area contributed by atoms with E-state index in [2.05, 4.69) is 47.1 Å². The smallest absolute Gasteiger partial charge is 0.166 e. The molecular weight excluding hydrogens is 252 g/mol. The van der Waals surface area contributed by atoms with Crippen molar-refractivity contribution < 1.29 is 0 Å². The molecule has 0 spiro atoms. The van der Waals surface area contributed by atoms with Crippen molar-refractivity contribution in [2.24, 2.45) is 11.8 Å². The summed E-state index contributed by atoms with van der Waals surface area (Å²) in [6.07, 6.45) is 8.26. The van der Waals surface area contributed by atoms with Gasteiger partial charge in [-0.15, -0.1) is 0 Å². The number of fused-ring (bicyclic) bond motifs is 2. The minimum absolute atomic E-state index is 0.548. The van der Waals surface area contributed by atoms with Gasteiger partial charge in [-0.05, 0) is 48.9 Å². The third-order valence-electron chi connectivity index (χ3n) is 4.14. The zero-order chi connectivity index (χ0) is 13.1. The number of rotatable bonds is 4. The monoisotopic (exact) mass is 272 g/mol. The maximum atomic E-state index is 5.38. The average molecular weight is 272 g/mol. The molecule has 100 valence electrons. The van der Waals surface area contributed by atoms with E-state index < -0.39 is 0 Å². The molecule has 2 bridgehead atoms. The van der Waals surface area contributed by atoms with Crippen LogP contribution in [0.15, 0.2) is 42.5 Å². The maximum absolute atomic E-state index is 5.38. The molecule has 19 heavy (non-hydrogen) atoms. The van der Waals surface area contributed by atoms with Crippen LogP contribution in [-0.4, -0.2) is 17.7 Å². The molecule has 3 atom stereocenters. The van der Waals surface area contributed by atoms with Crippen LogP contribution < -0.4 is 10.6 Å². The number of hydrogen-bond acceptors (Lipinski definition) is 1. The largest absolute Gasteiger partial charge is 0.362 e. The molecule has 0 radical (unpaired) electrons. The summed E-state index contributed by atoms with van der Waals surface area (Å²) in [4.78, 5) is 0. The van der Waals surface area contributed by atoms with Gasteiger partial charge in [0.25, 0.3) is 0 Å². The summed E-state index contributed by atoms with van der Waals surface area (Å²) in [6.45, 7) is 0.895. The number of nitrogens with one attached hydrogen (secondary N) is 2. The van der Waals surface area contributed by atoms with Crippen molar-refractivity contribution in [2.45, 2.75) is 25.3 Å². The van der Waals surface area contributed by atoms with E-state index in [9.17, 15) is 0 Å². The van der Waals surface area contributed by atoms with E-state index >= 15 is 0 Å². The standard InChI is InChI=1S/C16H20N2S/c19-16(17-9-8-12-4-2-1-3-5-12)18-15-11-13-6-7-14(15)10-13/h1-7,13-15H,8-11H2,(H2,17,18,19)/t13-,14+,15-/m0/s1. The van der Waals surface area contributed by atoms with Crippen molar-refractivity contribution in [3.8, 4) is 0 Å². The normalized spacial score (nSPS) is 27.5. The lowest BCUT2D eigenvalue weighted by Gasteiger charge is -2.21. The predicted molar refractivity (Wildman–Crippen MR) is 83.0 cm³/mol. The van der Waals surface area contributed by atoms with E-state index in [0.29, 0.717) is 12.0 Å². The summed E-state index contributed by atoms with van der Waals surface area (Å²) >= 11 is 5.38. The number of thiocarbonyl (C=S) groups is 1. The minimum atomic E-state index is 0.548. The third kappa shape index (κ3) is 3.16. The first kappa shape index (κ1) is 12.7. The van der Waals surface area contributed by atoms with Gasteiger partial charge in [-0.2, -0.15) is 0 Å². The molecule has 1 saturated carbocycles. The molecule has 0 saturated heterocycles. The van der Waals surface area contributed by atoms with Crippen molar-refractivity contribution >= 4 is 17.3 Å². The molecule has 2 N–H and O–H groups in total. The molecule has 2 aliphatic rings. The Morgan fingerprint density at radius 2 is 2.00 bits per heavy atom. The molecule has 0 aliphatic heterocycles. The number of hydrogen-bond donors (Lipinski definition) is 2. The molecule has 1 fully saturated rings. The van der Waals surface area contributed by atoms with Crippen LogP contribution in [0.4, 0.5) is 0 Å². The maximum Gasteiger partial charge on any atom is 0.166 e. The Morgan fingerprint density at radius 3 is 2.68 bits per heavy atom. The molecule has 3 rings (SSSR count). The van der Waals surface area contributed by atoms with Gasteiger partial charge in [0.1, 0.15) is 0 Å². The van der Waals surface area contributed by atoms with Gasteiger partial charge in [0.2, 0.25) is 0 Å². The van der Waals surface area contributed by atoms with Crippen LogP contribution in [-0.2, 0) is 6.42 Å². The van der Waals surface area contributed by atoms with Crippen molar-refractivity contribution in [3.63, 3.8) is 0 Å². The highest BCUT2D eigenvalue weighted by Gasteiger charge is 2.35. The van der Waals surface area contributed by atoms with Crippen LogP contribution in [0.1, 0.15) is 18.4 Å². The van der Waals surface area contributed by atoms with Crippen molar-refractivity contribution in [1.29, 1.82) is 0 Å². The molecule has 0 heterocycles. The van der Waals surface area contributed by atoms with Crippen LogP contribution in [0.2, 0.25) is 0 Å². The van der Waals surface area contributed by atoms with E-state index in [0.717, 1.165) is 24.0 Å². The van der Waals surface area contributed by atoms with Crippen molar-refractivity contribution in [3.05, 3.63) is 48.0 Å². The second kappa shape index (κ2) is 5.74. The lowest BCUT2D eigenvalue weighted by atomic mass is 10.0. The van der Waals surface area contributed by atoms with Gasteiger partial charge in [-0.3, -0.25) is 0 Å². The molecule has 3 heteroatoms. The Hall–Kier alpha value is -1.35. The van der Waals surface area contributed by atoms with E-state index in [-0.39, 0.29) is 0 Å². The molecule has 0 unspecified atom stereocenters. The highest BCUT2D eigenvalue weighted by Crippen LogP contribution is 2.38.